The molecule has 3 aliphatic rings. The molecular weight excluding hydrogens is 480 g/mol. The number of likely N-dealkylation sites (tertiary alicyclic amines) is 1. The van der Waals surface area contributed by atoms with Gasteiger partial charge in [0, 0.05) is 25.6 Å². The SMILES string of the molecule is CC(C)C[C@H](NC(=O)OC1CC2(CCN(C(=O)OC(C)(C)C)C2)C1)C(=O)N[C@H](C=O)C[C@H]1CCNC1=O. The summed E-state index contributed by atoms with van der Waals surface area (Å²) in [5.41, 5.74) is -0.619. The molecule has 3 fully saturated rings. The van der Waals surface area contributed by atoms with Gasteiger partial charge >= 0.3 is 12.2 Å². The molecule has 4 amide bonds. The van der Waals surface area contributed by atoms with E-state index in [1.165, 1.54) is 0 Å². The lowest BCUT2D eigenvalue weighted by molar-refractivity contribution is -0.127. The van der Waals surface area contributed by atoms with Gasteiger partial charge in [0.1, 0.15) is 24.0 Å². The van der Waals surface area contributed by atoms with Crippen LogP contribution in [0.25, 0.3) is 0 Å². The standard InChI is InChI=1S/C26H42N4O7/c1-16(2)10-20(22(33)28-18(14-31)11-17-6-8-27-21(17)32)29-23(34)36-19-12-26(13-19)7-9-30(15-26)24(35)37-25(3,4)5/h14,16-20H,6-13,15H2,1-5H3,(H,27,32)(H,28,33)(H,29,34)/t17-,18+,19?,20+,26?/m1/s1. The van der Waals surface area contributed by atoms with Crippen LogP contribution in [0.4, 0.5) is 9.59 Å². The van der Waals surface area contributed by atoms with Crippen molar-refractivity contribution < 1.29 is 33.4 Å². The zero-order valence-electron chi connectivity index (χ0n) is 22.6. The van der Waals surface area contributed by atoms with E-state index in [1.807, 2.05) is 34.6 Å². The summed E-state index contributed by atoms with van der Waals surface area (Å²) in [7, 11) is 0. The monoisotopic (exact) mass is 522 g/mol. The highest BCUT2D eigenvalue weighted by molar-refractivity contribution is 5.88. The van der Waals surface area contributed by atoms with Gasteiger partial charge in [0.15, 0.2) is 0 Å². The average Bonchev–Trinajstić information content (AvgIpc) is 3.38. The molecule has 11 nitrogen and oxygen atoms in total. The number of hydrogen-bond donors (Lipinski definition) is 3. The smallest absolute Gasteiger partial charge is 0.410 e. The summed E-state index contributed by atoms with van der Waals surface area (Å²) in [5, 5.41) is 8.05. The molecule has 2 saturated heterocycles. The highest BCUT2D eigenvalue weighted by Gasteiger charge is 2.51. The number of alkyl carbamates (subject to hydrolysis) is 1. The Morgan fingerprint density at radius 3 is 2.49 bits per heavy atom. The highest BCUT2D eigenvalue weighted by atomic mass is 16.6. The third-order valence-electron chi connectivity index (χ3n) is 7.19. The number of rotatable bonds is 9. The lowest BCUT2D eigenvalue weighted by Crippen LogP contribution is -2.53. The second-order valence-electron chi connectivity index (χ2n) is 12.2. The predicted octanol–water partition coefficient (Wildman–Crippen LogP) is 2.13. The maximum Gasteiger partial charge on any atom is 0.410 e. The molecule has 2 heterocycles. The van der Waals surface area contributed by atoms with Gasteiger partial charge < -0.3 is 35.1 Å². The zero-order valence-corrected chi connectivity index (χ0v) is 22.6. The first kappa shape index (κ1) is 28.7. The molecule has 3 rings (SSSR count). The Hall–Kier alpha value is -2.85. The molecule has 1 spiro atoms. The molecule has 0 radical (unpaired) electrons. The van der Waals surface area contributed by atoms with Crippen LogP contribution in [-0.2, 0) is 23.9 Å². The first-order valence-corrected chi connectivity index (χ1v) is 13.3. The molecule has 0 aromatic heterocycles. The summed E-state index contributed by atoms with van der Waals surface area (Å²) in [5.74, 6) is -0.799. The van der Waals surface area contributed by atoms with Crippen molar-refractivity contribution >= 4 is 30.3 Å². The second-order valence-corrected chi connectivity index (χ2v) is 12.2. The number of carbonyl (C=O) groups excluding carboxylic acids is 5. The Bertz CT molecular complexity index is 879. The average molecular weight is 523 g/mol. The normalized spacial score (nSPS) is 26.8. The van der Waals surface area contributed by atoms with Crippen molar-refractivity contribution in [2.45, 2.75) is 96.9 Å². The number of amides is 4. The molecule has 37 heavy (non-hydrogen) atoms. The van der Waals surface area contributed by atoms with Crippen molar-refractivity contribution in [3.05, 3.63) is 0 Å². The molecule has 208 valence electrons. The lowest BCUT2D eigenvalue weighted by Gasteiger charge is -2.44. The van der Waals surface area contributed by atoms with Gasteiger partial charge in [-0.05, 0) is 70.6 Å². The first-order chi connectivity index (χ1) is 17.3. The molecule has 1 aliphatic carbocycles. The van der Waals surface area contributed by atoms with Gasteiger partial charge in [-0.1, -0.05) is 13.8 Å². The minimum absolute atomic E-state index is 0.0692. The van der Waals surface area contributed by atoms with Crippen molar-refractivity contribution in [3.8, 4) is 0 Å². The van der Waals surface area contributed by atoms with Crippen molar-refractivity contribution in [3.63, 3.8) is 0 Å². The van der Waals surface area contributed by atoms with Gasteiger partial charge in [0.05, 0.1) is 6.04 Å². The zero-order chi connectivity index (χ0) is 27.4. The van der Waals surface area contributed by atoms with E-state index in [-0.39, 0.29) is 41.8 Å². The van der Waals surface area contributed by atoms with Crippen molar-refractivity contribution in [2.75, 3.05) is 19.6 Å². The van der Waals surface area contributed by atoms with Crippen LogP contribution in [0.2, 0.25) is 0 Å². The van der Waals surface area contributed by atoms with E-state index in [1.54, 1.807) is 4.90 Å². The molecule has 0 aromatic carbocycles. The Balaban J connectivity index is 1.47. The molecule has 0 aromatic rings. The quantitative estimate of drug-likeness (QED) is 0.394. The minimum atomic E-state index is -0.865. The van der Waals surface area contributed by atoms with Crippen LogP contribution in [0.1, 0.15) is 73.1 Å². The summed E-state index contributed by atoms with van der Waals surface area (Å²) in [6.45, 7) is 11.1. The molecular formula is C26H42N4O7. The number of ether oxygens (including phenoxy) is 2. The Morgan fingerprint density at radius 2 is 1.92 bits per heavy atom. The van der Waals surface area contributed by atoms with Gasteiger partial charge in [-0.3, -0.25) is 9.59 Å². The summed E-state index contributed by atoms with van der Waals surface area (Å²) in [4.78, 5) is 63.0. The minimum Gasteiger partial charge on any atom is -0.446 e. The van der Waals surface area contributed by atoms with E-state index >= 15 is 0 Å². The van der Waals surface area contributed by atoms with E-state index in [0.29, 0.717) is 51.6 Å². The van der Waals surface area contributed by atoms with Crippen molar-refractivity contribution in [2.24, 2.45) is 17.3 Å². The third-order valence-corrected chi connectivity index (χ3v) is 7.19. The van der Waals surface area contributed by atoms with Gasteiger partial charge in [-0.15, -0.1) is 0 Å². The fraction of sp³-hybridized carbons (Fsp3) is 0.808. The van der Waals surface area contributed by atoms with Crippen LogP contribution in [0, 0.1) is 17.3 Å². The fourth-order valence-electron chi connectivity index (χ4n) is 5.38. The Morgan fingerprint density at radius 1 is 1.22 bits per heavy atom. The first-order valence-electron chi connectivity index (χ1n) is 13.3. The van der Waals surface area contributed by atoms with E-state index in [4.69, 9.17) is 9.47 Å². The summed E-state index contributed by atoms with van der Waals surface area (Å²) in [6.07, 6.45) is 2.69. The molecule has 0 unspecified atom stereocenters. The number of nitrogens with one attached hydrogen (secondary N) is 3. The molecule has 3 atom stereocenters. The highest BCUT2D eigenvalue weighted by Crippen LogP contribution is 2.49. The molecule has 1 saturated carbocycles. The Kier molecular flexibility index (Phi) is 9.07. The van der Waals surface area contributed by atoms with Gasteiger partial charge in [-0.2, -0.15) is 0 Å². The molecule has 2 aliphatic heterocycles. The second kappa shape index (κ2) is 11.7. The van der Waals surface area contributed by atoms with Gasteiger partial charge in [0.25, 0.3) is 0 Å². The van der Waals surface area contributed by atoms with E-state index in [2.05, 4.69) is 16.0 Å². The van der Waals surface area contributed by atoms with Crippen molar-refractivity contribution in [1.82, 2.24) is 20.9 Å². The van der Waals surface area contributed by atoms with Gasteiger partial charge in [-0.25, -0.2) is 9.59 Å². The van der Waals surface area contributed by atoms with Gasteiger partial charge in [0.2, 0.25) is 11.8 Å². The molecule has 11 heteroatoms. The predicted molar refractivity (Wildman–Crippen MR) is 134 cm³/mol. The van der Waals surface area contributed by atoms with Crippen LogP contribution in [0.5, 0.6) is 0 Å². The van der Waals surface area contributed by atoms with Crippen LogP contribution in [0.3, 0.4) is 0 Å². The maximum absolute atomic E-state index is 12.9. The van der Waals surface area contributed by atoms with Crippen LogP contribution in [0.15, 0.2) is 0 Å². The van der Waals surface area contributed by atoms with E-state index < -0.39 is 29.7 Å². The summed E-state index contributed by atoms with van der Waals surface area (Å²) in [6, 6.07) is -1.67. The summed E-state index contributed by atoms with van der Waals surface area (Å²) >= 11 is 0. The van der Waals surface area contributed by atoms with E-state index in [9.17, 15) is 24.0 Å². The number of nitrogens with zero attached hydrogens (tertiary/aromatic N) is 1. The topological polar surface area (TPSA) is 143 Å². The van der Waals surface area contributed by atoms with Crippen LogP contribution < -0.4 is 16.0 Å². The molecule has 3 N–H and O–H groups in total. The third kappa shape index (κ3) is 8.07. The number of aldehydes is 1. The van der Waals surface area contributed by atoms with Crippen molar-refractivity contribution in [1.29, 1.82) is 0 Å². The molecule has 0 bridgehead atoms. The lowest BCUT2D eigenvalue weighted by atomic mass is 9.66. The number of carbonyl (C=O) groups is 5. The van der Waals surface area contributed by atoms with Crippen LogP contribution >= 0.6 is 0 Å². The largest absolute Gasteiger partial charge is 0.446 e. The maximum atomic E-state index is 12.9. The fourth-order valence-corrected chi connectivity index (χ4v) is 5.38. The number of hydrogen-bond acceptors (Lipinski definition) is 7. The Labute approximate surface area is 218 Å². The van der Waals surface area contributed by atoms with Crippen LogP contribution in [-0.4, -0.2) is 78.6 Å². The van der Waals surface area contributed by atoms with E-state index in [0.717, 1.165) is 6.42 Å². The summed E-state index contributed by atoms with van der Waals surface area (Å²) < 4.78 is 11.0.